The van der Waals surface area contributed by atoms with Crippen LogP contribution in [-0.2, 0) is 11.3 Å². The van der Waals surface area contributed by atoms with Crippen LogP contribution < -0.4 is 10.2 Å². The zero-order chi connectivity index (χ0) is 18.2. The molecular weight excluding hydrogens is 322 g/mol. The quantitative estimate of drug-likeness (QED) is 0.814. The predicted molar refractivity (Wildman–Crippen MR) is 109 cm³/mol. The van der Waals surface area contributed by atoms with E-state index in [2.05, 4.69) is 46.3 Å². The highest BCUT2D eigenvalue weighted by Crippen LogP contribution is 2.21. The minimum absolute atomic E-state index is 0.0357. The van der Waals surface area contributed by atoms with E-state index in [0.29, 0.717) is 6.54 Å². The number of amides is 1. The molecule has 1 N–H and O–H groups in total. The van der Waals surface area contributed by atoms with Gasteiger partial charge in [0, 0.05) is 31.0 Å². The first-order chi connectivity index (χ1) is 12.7. The van der Waals surface area contributed by atoms with Gasteiger partial charge in [-0.25, -0.2) is 0 Å². The van der Waals surface area contributed by atoms with E-state index in [1.54, 1.807) is 0 Å². The number of carbonyl (C=O) groups is 1. The summed E-state index contributed by atoms with van der Waals surface area (Å²) in [6, 6.07) is 18.5. The summed E-state index contributed by atoms with van der Waals surface area (Å²) in [6.45, 7) is 6.39. The standard InChI is InChI=1S/C22H29N3O/c1-2-24(17-19-9-5-3-6-10-19)18-22(26)23-20-11-13-21(14-12-20)25-15-7-4-8-16-25/h3,5-6,9-14H,2,4,7-8,15-18H2,1H3,(H,23,26). The molecule has 2 aromatic rings. The average molecular weight is 351 g/mol. The summed E-state index contributed by atoms with van der Waals surface area (Å²) in [5.74, 6) is 0.0357. The number of likely N-dealkylation sites (N-methyl/N-ethyl adjacent to an activating group) is 1. The first kappa shape index (κ1) is 18.5. The molecule has 1 saturated heterocycles. The topological polar surface area (TPSA) is 35.6 Å². The molecule has 1 fully saturated rings. The van der Waals surface area contributed by atoms with Crippen LogP contribution >= 0.6 is 0 Å². The monoisotopic (exact) mass is 351 g/mol. The highest BCUT2D eigenvalue weighted by Gasteiger charge is 2.12. The van der Waals surface area contributed by atoms with E-state index in [0.717, 1.165) is 31.9 Å². The number of carbonyl (C=O) groups excluding carboxylic acids is 1. The van der Waals surface area contributed by atoms with Crippen LogP contribution in [0.4, 0.5) is 11.4 Å². The Morgan fingerprint density at radius 2 is 1.69 bits per heavy atom. The van der Waals surface area contributed by atoms with E-state index in [4.69, 9.17) is 0 Å². The van der Waals surface area contributed by atoms with Crippen molar-refractivity contribution < 1.29 is 4.79 Å². The van der Waals surface area contributed by atoms with Crippen molar-refractivity contribution in [1.82, 2.24) is 4.90 Å². The molecule has 0 aliphatic carbocycles. The second-order valence-electron chi connectivity index (χ2n) is 6.93. The Hall–Kier alpha value is -2.33. The first-order valence-electron chi connectivity index (χ1n) is 9.66. The van der Waals surface area contributed by atoms with Gasteiger partial charge in [0.25, 0.3) is 0 Å². The van der Waals surface area contributed by atoms with E-state index in [9.17, 15) is 4.79 Å². The summed E-state index contributed by atoms with van der Waals surface area (Å²) in [7, 11) is 0. The van der Waals surface area contributed by atoms with Crippen LogP contribution in [0.5, 0.6) is 0 Å². The third-order valence-electron chi connectivity index (χ3n) is 4.94. The van der Waals surface area contributed by atoms with Gasteiger partial charge in [0.05, 0.1) is 6.54 Å². The molecule has 0 atom stereocenters. The normalized spacial score (nSPS) is 14.5. The van der Waals surface area contributed by atoms with Gasteiger partial charge in [-0.3, -0.25) is 9.69 Å². The molecule has 26 heavy (non-hydrogen) atoms. The molecule has 1 amide bonds. The molecule has 4 heteroatoms. The van der Waals surface area contributed by atoms with Crippen LogP contribution in [0.25, 0.3) is 0 Å². The number of rotatable bonds is 7. The lowest BCUT2D eigenvalue weighted by atomic mass is 10.1. The Labute approximate surface area is 156 Å². The Balaban J connectivity index is 1.51. The van der Waals surface area contributed by atoms with Crippen LogP contribution in [0, 0.1) is 0 Å². The van der Waals surface area contributed by atoms with Crippen molar-refractivity contribution in [2.75, 3.05) is 36.4 Å². The molecule has 0 saturated carbocycles. The van der Waals surface area contributed by atoms with Gasteiger partial charge in [-0.2, -0.15) is 0 Å². The van der Waals surface area contributed by atoms with Gasteiger partial charge >= 0.3 is 0 Å². The molecular formula is C22H29N3O. The second kappa shape index (κ2) is 9.39. The molecule has 138 valence electrons. The molecule has 0 spiro atoms. The van der Waals surface area contributed by atoms with Gasteiger partial charge in [-0.05, 0) is 55.6 Å². The third-order valence-corrected chi connectivity index (χ3v) is 4.94. The predicted octanol–water partition coefficient (Wildman–Crippen LogP) is 4.14. The molecule has 2 aromatic carbocycles. The van der Waals surface area contributed by atoms with Gasteiger partial charge in [0.1, 0.15) is 0 Å². The summed E-state index contributed by atoms with van der Waals surface area (Å²) in [4.78, 5) is 17.0. The van der Waals surface area contributed by atoms with Crippen LogP contribution in [-0.4, -0.2) is 37.0 Å². The number of hydrogen-bond acceptors (Lipinski definition) is 3. The Bertz CT molecular complexity index is 678. The Kier molecular flexibility index (Phi) is 6.67. The summed E-state index contributed by atoms with van der Waals surface area (Å²) < 4.78 is 0. The summed E-state index contributed by atoms with van der Waals surface area (Å²) in [5, 5.41) is 3.02. The van der Waals surface area contributed by atoms with Gasteiger partial charge < -0.3 is 10.2 Å². The van der Waals surface area contributed by atoms with Crippen LogP contribution in [0.15, 0.2) is 54.6 Å². The molecule has 4 nitrogen and oxygen atoms in total. The zero-order valence-electron chi connectivity index (χ0n) is 15.7. The number of nitrogens with one attached hydrogen (secondary N) is 1. The number of anilines is 2. The second-order valence-corrected chi connectivity index (χ2v) is 6.93. The SMILES string of the molecule is CCN(CC(=O)Nc1ccc(N2CCCCC2)cc1)Cc1ccccc1. The van der Waals surface area contributed by atoms with Crippen molar-refractivity contribution in [3.8, 4) is 0 Å². The molecule has 1 heterocycles. The van der Waals surface area contributed by atoms with E-state index in [1.807, 2.05) is 30.3 Å². The van der Waals surface area contributed by atoms with Crippen molar-refractivity contribution >= 4 is 17.3 Å². The fourth-order valence-electron chi connectivity index (χ4n) is 3.43. The fraction of sp³-hybridized carbons (Fsp3) is 0.409. The lowest BCUT2D eigenvalue weighted by Gasteiger charge is -2.28. The van der Waals surface area contributed by atoms with Crippen molar-refractivity contribution in [3.63, 3.8) is 0 Å². The summed E-state index contributed by atoms with van der Waals surface area (Å²) in [6.07, 6.45) is 3.88. The summed E-state index contributed by atoms with van der Waals surface area (Å²) >= 11 is 0. The highest BCUT2D eigenvalue weighted by atomic mass is 16.2. The molecule has 0 unspecified atom stereocenters. The van der Waals surface area contributed by atoms with E-state index in [-0.39, 0.29) is 5.91 Å². The number of nitrogens with zero attached hydrogens (tertiary/aromatic N) is 2. The molecule has 0 bridgehead atoms. The minimum Gasteiger partial charge on any atom is -0.372 e. The zero-order valence-corrected chi connectivity index (χ0v) is 15.7. The van der Waals surface area contributed by atoms with Gasteiger partial charge in [0.15, 0.2) is 0 Å². The number of hydrogen-bond donors (Lipinski definition) is 1. The lowest BCUT2D eigenvalue weighted by Crippen LogP contribution is -2.32. The van der Waals surface area contributed by atoms with Crippen molar-refractivity contribution in [2.24, 2.45) is 0 Å². The largest absolute Gasteiger partial charge is 0.372 e. The molecule has 0 radical (unpaired) electrons. The lowest BCUT2D eigenvalue weighted by molar-refractivity contribution is -0.117. The highest BCUT2D eigenvalue weighted by molar-refractivity contribution is 5.92. The third kappa shape index (κ3) is 5.33. The van der Waals surface area contributed by atoms with Crippen LogP contribution in [0.2, 0.25) is 0 Å². The average Bonchev–Trinajstić information content (AvgIpc) is 2.69. The summed E-state index contributed by atoms with van der Waals surface area (Å²) in [5.41, 5.74) is 3.35. The fourth-order valence-corrected chi connectivity index (χ4v) is 3.43. The molecule has 0 aromatic heterocycles. The van der Waals surface area contributed by atoms with Crippen LogP contribution in [0.3, 0.4) is 0 Å². The van der Waals surface area contributed by atoms with Crippen molar-refractivity contribution in [1.29, 1.82) is 0 Å². The first-order valence-corrected chi connectivity index (χ1v) is 9.66. The molecule has 3 rings (SSSR count). The van der Waals surface area contributed by atoms with Crippen LogP contribution in [0.1, 0.15) is 31.7 Å². The van der Waals surface area contributed by atoms with E-state index >= 15 is 0 Å². The van der Waals surface area contributed by atoms with Gasteiger partial charge in [0.2, 0.25) is 5.91 Å². The number of benzene rings is 2. The maximum atomic E-state index is 12.4. The minimum atomic E-state index is 0.0357. The maximum Gasteiger partial charge on any atom is 0.238 e. The van der Waals surface area contributed by atoms with Crippen molar-refractivity contribution in [2.45, 2.75) is 32.7 Å². The van der Waals surface area contributed by atoms with Gasteiger partial charge in [-0.15, -0.1) is 0 Å². The molecule has 1 aliphatic heterocycles. The van der Waals surface area contributed by atoms with Gasteiger partial charge in [-0.1, -0.05) is 37.3 Å². The number of piperidine rings is 1. The maximum absolute atomic E-state index is 12.4. The molecule has 1 aliphatic rings. The Morgan fingerprint density at radius 1 is 1.00 bits per heavy atom. The van der Waals surface area contributed by atoms with E-state index < -0.39 is 0 Å². The Morgan fingerprint density at radius 3 is 2.35 bits per heavy atom. The smallest absolute Gasteiger partial charge is 0.238 e. The van der Waals surface area contributed by atoms with Crippen molar-refractivity contribution in [3.05, 3.63) is 60.2 Å². The van der Waals surface area contributed by atoms with E-state index in [1.165, 1.54) is 30.5 Å².